The first-order valence-electron chi connectivity index (χ1n) is 5.87. The van der Waals surface area contributed by atoms with Crippen LogP contribution >= 0.6 is 11.8 Å². The maximum atomic E-state index is 10.9. The molecule has 2 rings (SSSR count). The van der Waals surface area contributed by atoms with Gasteiger partial charge >= 0.3 is 5.97 Å². The summed E-state index contributed by atoms with van der Waals surface area (Å²) in [4.78, 5) is 12.2. The minimum atomic E-state index is -0.749. The maximum Gasteiger partial charge on any atom is 0.308 e. The van der Waals surface area contributed by atoms with Crippen LogP contribution in [-0.4, -0.2) is 22.4 Å². The van der Waals surface area contributed by atoms with Crippen molar-refractivity contribution >= 4 is 17.7 Å². The lowest BCUT2D eigenvalue weighted by molar-refractivity contribution is -0.143. The molecule has 0 bridgehead atoms. The Morgan fingerprint density at radius 2 is 2.00 bits per heavy atom. The van der Waals surface area contributed by atoms with Gasteiger partial charge in [-0.3, -0.25) is 4.79 Å². The molecule has 1 fully saturated rings. The molecule has 1 aromatic carbocycles. The van der Waals surface area contributed by atoms with Crippen LogP contribution in [0.2, 0.25) is 0 Å². The van der Waals surface area contributed by atoms with Gasteiger partial charge in [-0.25, -0.2) is 0 Å². The van der Waals surface area contributed by atoms with Crippen LogP contribution in [0.15, 0.2) is 35.2 Å². The third-order valence-corrected chi connectivity index (χ3v) is 4.52. The minimum absolute atomic E-state index is 0.206. The second-order valence-corrected chi connectivity index (χ2v) is 5.85. The highest BCUT2D eigenvalue weighted by Gasteiger charge is 2.32. The third-order valence-electron chi connectivity index (χ3n) is 3.21. The van der Waals surface area contributed by atoms with E-state index in [2.05, 4.69) is 12.1 Å². The van der Waals surface area contributed by atoms with Crippen LogP contribution in [0.3, 0.4) is 0 Å². The number of rotatable bonds is 3. The van der Waals surface area contributed by atoms with Gasteiger partial charge in [0, 0.05) is 16.2 Å². The molecular formula is C13H17NO2S. The zero-order chi connectivity index (χ0) is 12.3. The molecule has 0 saturated heterocycles. The van der Waals surface area contributed by atoms with E-state index in [0.717, 1.165) is 12.8 Å². The fraction of sp³-hybridized carbons (Fsp3) is 0.462. The summed E-state index contributed by atoms with van der Waals surface area (Å²) in [6, 6.07) is 9.99. The molecule has 3 nitrogen and oxygen atoms in total. The van der Waals surface area contributed by atoms with Gasteiger partial charge in [-0.1, -0.05) is 18.2 Å². The molecule has 0 radical (unpaired) electrons. The number of hydrogen-bond donors (Lipinski definition) is 2. The van der Waals surface area contributed by atoms with Crippen molar-refractivity contribution < 1.29 is 9.90 Å². The smallest absolute Gasteiger partial charge is 0.308 e. The molecule has 92 valence electrons. The summed E-state index contributed by atoms with van der Waals surface area (Å²) in [5.41, 5.74) is 5.93. The molecule has 0 spiro atoms. The van der Waals surface area contributed by atoms with Crippen molar-refractivity contribution in [3.8, 4) is 0 Å². The predicted molar refractivity (Wildman–Crippen MR) is 69.0 cm³/mol. The topological polar surface area (TPSA) is 63.3 Å². The van der Waals surface area contributed by atoms with Crippen LogP contribution in [0.1, 0.15) is 19.3 Å². The molecule has 0 aliphatic heterocycles. The summed E-state index contributed by atoms with van der Waals surface area (Å²) in [7, 11) is 0. The third kappa shape index (κ3) is 3.23. The Hall–Kier alpha value is -1.00. The van der Waals surface area contributed by atoms with Crippen LogP contribution in [0.5, 0.6) is 0 Å². The largest absolute Gasteiger partial charge is 0.481 e. The molecule has 17 heavy (non-hydrogen) atoms. The normalized spacial score (nSPS) is 28.9. The van der Waals surface area contributed by atoms with Crippen molar-refractivity contribution in [2.45, 2.75) is 35.4 Å². The fourth-order valence-corrected chi connectivity index (χ4v) is 3.54. The number of carboxylic acids is 1. The van der Waals surface area contributed by atoms with Gasteiger partial charge in [0.2, 0.25) is 0 Å². The van der Waals surface area contributed by atoms with E-state index in [1.807, 2.05) is 30.0 Å². The molecule has 1 aromatic rings. The van der Waals surface area contributed by atoms with E-state index in [4.69, 9.17) is 10.8 Å². The lowest BCUT2D eigenvalue weighted by atomic mass is 9.85. The van der Waals surface area contributed by atoms with Gasteiger partial charge in [0.1, 0.15) is 0 Å². The molecule has 3 unspecified atom stereocenters. The number of thioether (sulfide) groups is 1. The minimum Gasteiger partial charge on any atom is -0.481 e. The Morgan fingerprint density at radius 3 is 2.59 bits per heavy atom. The number of carbonyl (C=O) groups is 1. The van der Waals surface area contributed by atoms with Gasteiger partial charge in [-0.2, -0.15) is 0 Å². The molecular weight excluding hydrogens is 234 g/mol. The molecule has 4 heteroatoms. The molecule has 0 amide bonds. The van der Waals surface area contributed by atoms with Gasteiger partial charge < -0.3 is 10.8 Å². The first kappa shape index (κ1) is 12.5. The van der Waals surface area contributed by atoms with Gasteiger partial charge in [-0.05, 0) is 31.4 Å². The van der Waals surface area contributed by atoms with E-state index in [-0.39, 0.29) is 12.0 Å². The summed E-state index contributed by atoms with van der Waals surface area (Å²) in [6.45, 7) is 0. The van der Waals surface area contributed by atoms with Gasteiger partial charge in [0.15, 0.2) is 0 Å². The Morgan fingerprint density at radius 1 is 1.29 bits per heavy atom. The molecule has 1 aliphatic carbocycles. The first-order valence-corrected chi connectivity index (χ1v) is 6.75. The average molecular weight is 251 g/mol. The second-order valence-electron chi connectivity index (χ2n) is 4.47. The molecule has 3 N–H and O–H groups in total. The molecule has 0 heterocycles. The van der Waals surface area contributed by atoms with Crippen molar-refractivity contribution in [2.24, 2.45) is 11.7 Å². The van der Waals surface area contributed by atoms with E-state index < -0.39 is 5.97 Å². The predicted octanol–water partition coefficient (Wildman–Crippen LogP) is 2.36. The Bertz CT molecular complexity index is 382. The SMILES string of the molecule is NC1CC(Sc2ccccc2)CCC1C(=O)O. The summed E-state index contributed by atoms with van der Waals surface area (Å²) >= 11 is 1.81. The lowest BCUT2D eigenvalue weighted by Crippen LogP contribution is -2.41. The summed E-state index contributed by atoms with van der Waals surface area (Å²) in [5.74, 6) is -1.11. The number of carboxylic acid groups (broad SMARTS) is 1. The van der Waals surface area contributed by atoms with Crippen molar-refractivity contribution in [3.63, 3.8) is 0 Å². The van der Waals surface area contributed by atoms with E-state index in [1.54, 1.807) is 0 Å². The van der Waals surface area contributed by atoms with Gasteiger partial charge in [-0.15, -0.1) is 11.8 Å². The number of benzene rings is 1. The Balaban J connectivity index is 1.92. The van der Waals surface area contributed by atoms with E-state index in [9.17, 15) is 4.79 Å². The monoisotopic (exact) mass is 251 g/mol. The van der Waals surface area contributed by atoms with Crippen molar-refractivity contribution in [2.75, 3.05) is 0 Å². The first-order chi connectivity index (χ1) is 8.16. The molecule has 3 atom stereocenters. The highest BCUT2D eigenvalue weighted by Crippen LogP contribution is 2.35. The average Bonchev–Trinajstić information content (AvgIpc) is 2.30. The van der Waals surface area contributed by atoms with Crippen molar-refractivity contribution in [3.05, 3.63) is 30.3 Å². The lowest BCUT2D eigenvalue weighted by Gasteiger charge is -2.31. The zero-order valence-corrected chi connectivity index (χ0v) is 10.4. The second kappa shape index (κ2) is 5.56. The summed E-state index contributed by atoms with van der Waals surface area (Å²) < 4.78 is 0. The highest BCUT2D eigenvalue weighted by molar-refractivity contribution is 8.00. The van der Waals surface area contributed by atoms with Crippen LogP contribution in [-0.2, 0) is 4.79 Å². The maximum absolute atomic E-state index is 10.9. The van der Waals surface area contributed by atoms with E-state index >= 15 is 0 Å². The molecule has 0 aromatic heterocycles. The Kier molecular flexibility index (Phi) is 4.07. The number of nitrogens with two attached hydrogens (primary N) is 1. The standard InChI is InChI=1S/C13H17NO2S/c14-12-8-10(6-7-11(12)13(15)16)17-9-4-2-1-3-5-9/h1-5,10-12H,6-8,14H2,(H,15,16). The molecule has 1 aliphatic rings. The van der Waals surface area contributed by atoms with Crippen molar-refractivity contribution in [1.29, 1.82) is 0 Å². The van der Waals surface area contributed by atoms with Crippen molar-refractivity contribution in [1.82, 2.24) is 0 Å². The van der Waals surface area contributed by atoms with E-state index in [1.165, 1.54) is 4.90 Å². The van der Waals surface area contributed by atoms with Crippen LogP contribution in [0.4, 0.5) is 0 Å². The summed E-state index contributed by atoms with van der Waals surface area (Å²) in [6.07, 6.45) is 2.42. The van der Waals surface area contributed by atoms with Crippen LogP contribution < -0.4 is 5.73 Å². The highest BCUT2D eigenvalue weighted by atomic mass is 32.2. The van der Waals surface area contributed by atoms with Gasteiger partial charge in [0.25, 0.3) is 0 Å². The van der Waals surface area contributed by atoms with Crippen LogP contribution in [0, 0.1) is 5.92 Å². The quantitative estimate of drug-likeness (QED) is 0.865. The molecule has 1 saturated carbocycles. The Labute approximate surface area is 105 Å². The number of aliphatic carboxylic acids is 1. The van der Waals surface area contributed by atoms with Gasteiger partial charge in [0.05, 0.1) is 5.92 Å². The van der Waals surface area contributed by atoms with Crippen LogP contribution in [0.25, 0.3) is 0 Å². The number of hydrogen-bond acceptors (Lipinski definition) is 3. The fourth-order valence-electron chi connectivity index (χ4n) is 2.27. The zero-order valence-electron chi connectivity index (χ0n) is 9.58. The summed E-state index contributed by atoms with van der Waals surface area (Å²) in [5, 5.41) is 9.45. The van der Waals surface area contributed by atoms with E-state index in [0.29, 0.717) is 11.7 Å².